The molecule has 5 aromatic rings. The number of carbonyl (C=O) groups excluding carboxylic acids is 2. The van der Waals surface area contributed by atoms with E-state index in [0.717, 1.165) is 32.7 Å². The first-order valence-corrected chi connectivity index (χ1v) is 12.1. The molecular weight excluding hydrogens is 450 g/mol. The molecule has 0 unspecified atom stereocenters. The highest BCUT2D eigenvalue weighted by atomic mass is 32.2. The molecule has 34 heavy (non-hydrogen) atoms. The lowest BCUT2D eigenvalue weighted by Gasteiger charge is -2.34. The molecule has 0 spiro atoms. The van der Waals surface area contributed by atoms with E-state index in [1.54, 1.807) is 17.0 Å². The van der Waals surface area contributed by atoms with Crippen LogP contribution in [0.2, 0.25) is 0 Å². The molecule has 2 amide bonds. The van der Waals surface area contributed by atoms with Gasteiger partial charge >= 0.3 is 0 Å². The second-order valence-corrected chi connectivity index (χ2v) is 9.05. The number of carbonyl (C=O) groups is 2. The van der Waals surface area contributed by atoms with Crippen LogP contribution in [0.3, 0.4) is 0 Å². The topological polar surface area (TPSA) is 84.0 Å². The van der Waals surface area contributed by atoms with Crippen LogP contribution in [-0.4, -0.2) is 67.9 Å². The third-order valence-electron chi connectivity index (χ3n) is 6.09. The zero-order valence-corrected chi connectivity index (χ0v) is 19.1. The van der Waals surface area contributed by atoms with Gasteiger partial charge in [-0.05, 0) is 36.4 Å². The zero-order chi connectivity index (χ0) is 23.1. The van der Waals surface area contributed by atoms with Crippen LogP contribution < -0.4 is 0 Å². The number of thioether (sulfide) groups is 1. The van der Waals surface area contributed by atoms with Crippen molar-refractivity contribution in [1.82, 2.24) is 24.2 Å². The molecule has 170 valence electrons. The normalized spacial score (nSPS) is 14.4. The van der Waals surface area contributed by atoms with E-state index in [-0.39, 0.29) is 17.6 Å². The number of hydrogen-bond donors (Lipinski definition) is 0. The molecule has 1 aliphatic heterocycles. The van der Waals surface area contributed by atoms with E-state index < -0.39 is 0 Å². The van der Waals surface area contributed by atoms with Crippen molar-refractivity contribution < 1.29 is 14.0 Å². The molecule has 0 saturated carbocycles. The standard InChI is InChI=1S/C25H21N5O3S/c31-22(28-11-13-29(14-12-28)24(32)21-10-5-15-33-21)16-34-25-27-18-7-2-1-6-17(18)23-26-19-8-3-4-9-20(19)30(23)25/h1-10,15H,11-14,16H2. The highest BCUT2D eigenvalue weighted by Crippen LogP contribution is 2.29. The number of para-hydroxylation sites is 3. The monoisotopic (exact) mass is 471 g/mol. The average molecular weight is 472 g/mol. The van der Waals surface area contributed by atoms with Gasteiger partial charge in [0.15, 0.2) is 10.9 Å². The lowest BCUT2D eigenvalue weighted by atomic mass is 10.2. The predicted octanol–water partition coefficient (Wildman–Crippen LogP) is 3.71. The van der Waals surface area contributed by atoms with Crippen LogP contribution in [0.25, 0.3) is 27.6 Å². The summed E-state index contributed by atoms with van der Waals surface area (Å²) in [5.41, 5.74) is 3.55. The van der Waals surface area contributed by atoms with Crippen LogP contribution in [0.1, 0.15) is 10.6 Å². The Morgan fingerprint density at radius 3 is 2.38 bits per heavy atom. The van der Waals surface area contributed by atoms with Gasteiger partial charge in [0, 0.05) is 31.6 Å². The van der Waals surface area contributed by atoms with Gasteiger partial charge in [-0.25, -0.2) is 9.97 Å². The summed E-state index contributed by atoms with van der Waals surface area (Å²) < 4.78 is 7.25. The van der Waals surface area contributed by atoms with E-state index in [1.807, 2.05) is 57.8 Å². The van der Waals surface area contributed by atoms with Crippen molar-refractivity contribution in [2.45, 2.75) is 5.16 Å². The fraction of sp³-hybridized carbons (Fsp3) is 0.200. The van der Waals surface area contributed by atoms with Gasteiger partial charge in [-0.1, -0.05) is 36.0 Å². The van der Waals surface area contributed by atoms with E-state index in [2.05, 4.69) is 0 Å². The number of imidazole rings is 1. The molecule has 0 radical (unpaired) electrons. The Labute approximate surface area is 199 Å². The Bertz CT molecular complexity index is 1520. The molecule has 3 aromatic heterocycles. The van der Waals surface area contributed by atoms with E-state index in [9.17, 15) is 9.59 Å². The molecule has 0 bridgehead atoms. The SMILES string of the molecule is O=C(CSc1nc2ccccc2c2nc3ccccc3n12)N1CCN(C(=O)c2ccco2)CC1. The van der Waals surface area contributed by atoms with Gasteiger partial charge in [-0.2, -0.15) is 0 Å². The van der Waals surface area contributed by atoms with Crippen LogP contribution in [0, 0.1) is 0 Å². The molecule has 6 rings (SSSR count). The minimum Gasteiger partial charge on any atom is -0.459 e. The number of amides is 2. The molecule has 1 fully saturated rings. The van der Waals surface area contributed by atoms with Gasteiger partial charge in [-0.15, -0.1) is 0 Å². The first-order chi connectivity index (χ1) is 16.7. The number of piperazine rings is 1. The third-order valence-corrected chi connectivity index (χ3v) is 7.01. The Morgan fingerprint density at radius 2 is 1.59 bits per heavy atom. The molecule has 8 nitrogen and oxygen atoms in total. The maximum Gasteiger partial charge on any atom is 0.289 e. The van der Waals surface area contributed by atoms with Crippen molar-refractivity contribution in [3.05, 3.63) is 72.7 Å². The molecule has 4 heterocycles. The van der Waals surface area contributed by atoms with Crippen molar-refractivity contribution in [2.75, 3.05) is 31.9 Å². The van der Waals surface area contributed by atoms with Crippen LogP contribution in [0.4, 0.5) is 0 Å². The molecule has 9 heteroatoms. The van der Waals surface area contributed by atoms with Gasteiger partial charge < -0.3 is 14.2 Å². The number of hydrogen-bond acceptors (Lipinski definition) is 6. The van der Waals surface area contributed by atoms with Gasteiger partial charge in [0.25, 0.3) is 5.91 Å². The van der Waals surface area contributed by atoms with Crippen molar-refractivity contribution >= 4 is 51.2 Å². The van der Waals surface area contributed by atoms with Gasteiger partial charge in [0.2, 0.25) is 5.91 Å². The molecule has 2 aromatic carbocycles. The maximum absolute atomic E-state index is 13.0. The smallest absolute Gasteiger partial charge is 0.289 e. The number of furan rings is 1. The highest BCUT2D eigenvalue weighted by molar-refractivity contribution is 7.99. The Hall–Kier alpha value is -3.85. The van der Waals surface area contributed by atoms with Crippen LogP contribution in [0.5, 0.6) is 0 Å². The van der Waals surface area contributed by atoms with Gasteiger partial charge in [0.05, 0.1) is 28.6 Å². The summed E-state index contributed by atoms with van der Waals surface area (Å²) in [6.45, 7) is 1.97. The quantitative estimate of drug-likeness (QED) is 0.294. The van der Waals surface area contributed by atoms with Gasteiger partial charge in [-0.3, -0.25) is 14.0 Å². The van der Waals surface area contributed by atoms with Crippen LogP contribution >= 0.6 is 11.8 Å². The largest absolute Gasteiger partial charge is 0.459 e. The summed E-state index contributed by atoms with van der Waals surface area (Å²) in [6, 6.07) is 19.2. The minimum absolute atomic E-state index is 0.0302. The van der Waals surface area contributed by atoms with E-state index >= 15 is 0 Å². The summed E-state index contributed by atoms with van der Waals surface area (Å²) in [6.07, 6.45) is 1.49. The Balaban J connectivity index is 1.21. The fourth-order valence-corrected chi connectivity index (χ4v) is 5.25. The summed E-state index contributed by atoms with van der Waals surface area (Å²) in [7, 11) is 0. The van der Waals surface area contributed by atoms with Crippen molar-refractivity contribution in [2.24, 2.45) is 0 Å². The Morgan fingerprint density at radius 1 is 0.853 bits per heavy atom. The highest BCUT2D eigenvalue weighted by Gasteiger charge is 2.26. The van der Waals surface area contributed by atoms with Gasteiger partial charge in [0.1, 0.15) is 5.65 Å². The molecular formula is C25H21N5O3S. The first-order valence-electron chi connectivity index (χ1n) is 11.1. The van der Waals surface area contributed by atoms with Crippen LogP contribution in [0.15, 0.2) is 76.5 Å². The van der Waals surface area contributed by atoms with Crippen LogP contribution in [-0.2, 0) is 4.79 Å². The van der Waals surface area contributed by atoms with E-state index in [1.165, 1.54) is 18.0 Å². The molecule has 0 aliphatic carbocycles. The van der Waals surface area contributed by atoms with Crippen molar-refractivity contribution in [3.8, 4) is 0 Å². The van der Waals surface area contributed by atoms with Crippen molar-refractivity contribution in [3.63, 3.8) is 0 Å². The number of benzene rings is 2. The summed E-state index contributed by atoms with van der Waals surface area (Å²) >= 11 is 1.42. The number of fused-ring (bicyclic) bond motifs is 5. The lowest BCUT2D eigenvalue weighted by molar-refractivity contribution is -0.129. The second-order valence-electron chi connectivity index (χ2n) is 8.11. The molecule has 1 aliphatic rings. The first kappa shape index (κ1) is 20.7. The molecule has 1 saturated heterocycles. The average Bonchev–Trinajstić information content (AvgIpc) is 3.55. The van der Waals surface area contributed by atoms with E-state index in [0.29, 0.717) is 31.9 Å². The molecule has 0 N–H and O–H groups in total. The zero-order valence-electron chi connectivity index (χ0n) is 18.3. The second kappa shape index (κ2) is 8.49. The number of nitrogens with zero attached hydrogens (tertiary/aromatic N) is 5. The summed E-state index contributed by atoms with van der Waals surface area (Å²) in [4.78, 5) is 38.7. The Kier molecular flexibility index (Phi) is 5.18. The molecule has 0 atom stereocenters. The van der Waals surface area contributed by atoms with Crippen molar-refractivity contribution in [1.29, 1.82) is 0 Å². The summed E-state index contributed by atoms with van der Waals surface area (Å²) in [5.74, 6) is 0.483. The fourth-order valence-electron chi connectivity index (χ4n) is 4.34. The summed E-state index contributed by atoms with van der Waals surface area (Å²) in [5, 5.41) is 1.72. The minimum atomic E-state index is -0.138. The number of rotatable bonds is 4. The maximum atomic E-state index is 13.0. The van der Waals surface area contributed by atoms with E-state index in [4.69, 9.17) is 14.4 Å². The lowest BCUT2D eigenvalue weighted by Crippen LogP contribution is -2.51. The predicted molar refractivity (Wildman–Crippen MR) is 130 cm³/mol. The third kappa shape index (κ3) is 3.58. The number of aromatic nitrogens is 3.